The highest BCUT2D eigenvalue weighted by Crippen LogP contribution is 2.31. The first kappa shape index (κ1) is 18.8. The van der Waals surface area contributed by atoms with Gasteiger partial charge in [-0.05, 0) is 54.5 Å². The molecule has 28 heavy (non-hydrogen) atoms. The summed E-state index contributed by atoms with van der Waals surface area (Å²) in [6, 6.07) is 23.5. The lowest BCUT2D eigenvalue weighted by Gasteiger charge is -2.19. The van der Waals surface area contributed by atoms with Crippen molar-refractivity contribution in [2.45, 2.75) is 6.92 Å². The third-order valence-electron chi connectivity index (χ3n) is 4.39. The number of amides is 1. The Morgan fingerprint density at radius 1 is 0.929 bits per heavy atom. The second kappa shape index (κ2) is 7.86. The fourth-order valence-corrected chi connectivity index (χ4v) is 3.98. The number of rotatable bonds is 3. The highest BCUT2D eigenvalue weighted by molar-refractivity contribution is 9.10. The maximum atomic E-state index is 13.3. The fraction of sp³-hybridized carbons (Fsp3) is 0.0435. The molecule has 0 radical (unpaired) electrons. The van der Waals surface area contributed by atoms with Gasteiger partial charge in [-0.15, -0.1) is 0 Å². The van der Waals surface area contributed by atoms with Crippen LogP contribution in [0.4, 0.5) is 5.69 Å². The highest BCUT2D eigenvalue weighted by atomic mass is 79.9. The number of nitrogens with zero attached hydrogens (tertiary/aromatic N) is 2. The summed E-state index contributed by atoms with van der Waals surface area (Å²) in [6.07, 6.45) is 1.82. The summed E-state index contributed by atoms with van der Waals surface area (Å²) in [4.78, 5) is 19.7. The van der Waals surface area contributed by atoms with Crippen molar-refractivity contribution in [3.63, 3.8) is 0 Å². The Hall–Kier alpha value is -2.50. The summed E-state index contributed by atoms with van der Waals surface area (Å²) >= 11 is 7.07. The number of benzene rings is 3. The Bertz CT molecular complexity index is 1130. The minimum atomic E-state index is -0.142. The van der Waals surface area contributed by atoms with Crippen molar-refractivity contribution < 1.29 is 4.79 Å². The SMILES string of the molecule is Cc1cccc(N2C(=O)/C(=C\c3cccc(Br)c3)N=C2c2ccccc2Br)c1. The maximum absolute atomic E-state index is 13.3. The van der Waals surface area contributed by atoms with Gasteiger partial charge in [0.2, 0.25) is 0 Å². The second-order valence-corrected chi connectivity index (χ2v) is 8.25. The van der Waals surface area contributed by atoms with Crippen molar-refractivity contribution >= 4 is 55.4 Å². The molecule has 1 aliphatic heterocycles. The molecule has 0 atom stereocenters. The molecule has 3 aromatic rings. The van der Waals surface area contributed by atoms with Crippen LogP contribution >= 0.6 is 31.9 Å². The fourth-order valence-electron chi connectivity index (χ4n) is 3.10. The summed E-state index contributed by atoms with van der Waals surface area (Å²) in [5.41, 5.74) is 4.08. The van der Waals surface area contributed by atoms with E-state index in [1.165, 1.54) is 0 Å². The highest BCUT2D eigenvalue weighted by Gasteiger charge is 2.33. The van der Waals surface area contributed by atoms with Crippen LogP contribution in [0, 0.1) is 6.92 Å². The van der Waals surface area contributed by atoms with E-state index in [0.29, 0.717) is 11.5 Å². The topological polar surface area (TPSA) is 32.7 Å². The number of hydrogen-bond donors (Lipinski definition) is 0. The van der Waals surface area contributed by atoms with Crippen molar-refractivity contribution in [1.29, 1.82) is 0 Å². The van der Waals surface area contributed by atoms with Crippen LogP contribution in [-0.4, -0.2) is 11.7 Å². The molecule has 0 bridgehead atoms. The number of aliphatic imine (C=N–C) groups is 1. The minimum Gasteiger partial charge on any atom is -0.266 e. The molecular formula is C23H16Br2N2O. The molecule has 138 valence electrons. The van der Waals surface area contributed by atoms with Gasteiger partial charge < -0.3 is 0 Å². The number of aryl methyl sites for hydroxylation is 1. The first-order chi connectivity index (χ1) is 13.5. The Labute approximate surface area is 180 Å². The van der Waals surface area contributed by atoms with E-state index in [2.05, 4.69) is 31.9 Å². The van der Waals surface area contributed by atoms with E-state index in [9.17, 15) is 4.79 Å². The number of carbonyl (C=O) groups is 1. The summed E-state index contributed by atoms with van der Waals surface area (Å²) in [5.74, 6) is 0.473. The summed E-state index contributed by atoms with van der Waals surface area (Å²) in [7, 11) is 0. The lowest BCUT2D eigenvalue weighted by Crippen LogP contribution is -2.32. The molecular weight excluding hydrogens is 480 g/mol. The van der Waals surface area contributed by atoms with Crippen molar-refractivity contribution in [2.75, 3.05) is 4.90 Å². The lowest BCUT2D eigenvalue weighted by molar-refractivity contribution is -0.113. The summed E-state index contributed by atoms with van der Waals surface area (Å²) < 4.78 is 1.85. The largest absolute Gasteiger partial charge is 0.282 e. The van der Waals surface area contributed by atoms with Crippen LogP contribution < -0.4 is 4.90 Å². The van der Waals surface area contributed by atoms with Crippen LogP contribution in [0.5, 0.6) is 0 Å². The van der Waals surface area contributed by atoms with E-state index >= 15 is 0 Å². The predicted octanol–water partition coefficient (Wildman–Crippen LogP) is 6.35. The zero-order valence-corrected chi connectivity index (χ0v) is 18.2. The summed E-state index contributed by atoms with van der Waals surface area (Å²) in [5, 5.41) is 0. The van der Waals surface area contributed by atoms with Crippen LogP contribution in [-0.2, 0) is 4.79 Å². The van der Waals surface area contributed by atoms with Crippen LogP contribution in [0.1, 0.15) is 16.7 Å². The van der Waals surface area contributed by atoms with Gasteiger partial charge in [0.15, 0.2) is 0 Å². The second-order valence-electron chi connectivity index (χ2n) is 6.48. The molecule has 5 heteroatoms. The predicted molar refractivity (Wildman–Crippen MR) is 121 cm³/mol. The van der Waals surface area contributed by atoms with Crippen LogP contribution in [0.25, 0.3) is 6.08 Å². The molecule has 1 amide bonds. The third kappa shape index (κ3) is 3.73. The smallest absolute Gasteiger partial charge is 0.266 e. The van der Waals surface area contributed by atoms with Gasteiger partial charge in [-0.3, -0.25) is 9.69 Å². The van der Waals surface area contributed by atoms with Gasteiger partial charge in [0.05, 0.1) is 5.69 Å². The molecule has 0 unspecified atom stereocenters. The Kier molecular flexibility index (Phi) is 5.29. The van der Waals surface area contributed by atoms with Crippen LogP contribution in [0.15, 0.2) is 92.4 Å². The molecule has 0 aromatic heterocycles. The minimum absolute atomic E-state index is 0.142. The molecule has 3 nitrogen and oxygen atoms in total. The first-order valence-corrected chi connectivity index (χ1v) is 10.3. The Balaban J connectivity index is 1.87. The van der Waals surface area contributed by atoms with Gasteiger partial charge in [0, 0.05) is 14.5 Å². The standard InChI is InChI=1S/C23H16Br2N2O/c1-15-6-4-9-18(12-15)27-22(19-10-2-3-11-20(19)25)26-21(23(27)28)14-16-7-5-8-17(24)13-16/h2-14H,1H3/b21-14+. The van der Waals surface area contributed by atoms with Gasteiger partial charge in [-0.2, -0.15) is 0 Å². The molecule has 4 rings (SSSR count). The van der Waals surface area contributed by atoms with Gasteiger partial charge in [-0.25, -0.2) is 4.99 Å². The number of halogens is 2. The molecule has 0 aliphatic carbocycles. The van der Waals surface area contributed by atoms with E-state index in [1.807, 2.05) is 85.8 Å². The molecule has 1 aliphatic rings. The first-order valence-electron chi connectivity index (χ1n) is 8.75. The maximum Gasteiger partial charge on any atom is 0.282 e. The molecule has 3 aromatic carbocycles. The molecule has 0 saturated heterocycles. The molecule has 0 fully saturated rings. The average Bonchev–Trinajstić information content (AvgIpc) is 2.98. The normalized spacial score (nSPS) is 15.2. The molecule has 0 spiro atoms. The van der Waals surface area contributed by atoms with Crippen LogP contribution in [0.2, 0.25) is 0 Å². The van der Waals surface area contributed by atoms with E-state index in [1.54, 1.807) is 4.90 Å². The van der Waals surface area contributed by atoms with Crippen LogP contribution in [0.3, 0.4) is 0 Å². The third-order valence-corrected chi connectivity index (χ3v) is 5.57. The van der Waals surface area contributed by atoms with Crippen molar-refractivity contribution in [3.05, 3.63) is 104 Å². The molecule has 0 N–H and O–H groups in total. The number of hydrogen-bond acceptors (Lipinski definition) is 2. The van der Waals surface area contributed by atoms with Gasteiger partial charge >= 0.3 is 0 Å². The van der Waals surface area contributed by atoms with E-state index < -0.39 is 0 Å². The Morgan fingerprint density at radius 2 is 1.71 bits per heavy atom. The number of anilines is 1. The Morgan fingerprint density at radius 3 is 2.46 bits per heavy atom. The number of amidine groups is 1. The summed E-state index contributed by atoms with van der Waals surface area (Å²) in [6.45, 7) is 2.01. The van der Waals surface area contributed by atoms with Crippen molar-refractivity contribution in [2.24, 2.45) is 4.99 Å². The van der Waals surface area contributed by atoms with E-state index in [4.69, 9.17) is 4.99 Å². The monoisotopic (exact) mass is 494 g/mol. The van der Waals surface area contributed by atoms with E-state index in [0.717, 1.165) is 31.3 Å². The van der Waals surface area contributed by atoms with Crippen molar-refractivity contribution in [3.8, 4) is 0 Å². The van der Waals surface area contributed by atoms with Gasteiger partial charge in [0.1, 0.15) is 11.5 Å². The molecule has 0 saturated carbocycles. The zero-order chi connectivity index (χ0) is 19.7. The van der Waals surface area contributed by atoms with E-state index in [-0.39, 0.29) is 5.91 Å². The van der Waals surface area contributed by atoms with Crippen molar-refractivity contribution in [1.82, 2.24) is 0 Å². The van der Waals surface area contributed by atoms with Gasteiger partial charge in [0.25, 0.3) is 5.91 Å². The van der Waals surface area contributed by atoms with Gasteiger partial charge in [-0.1, -0.05) is 74.3 Å². The molecule has 1 heterocycles. The quantitative estimate of drug-likeness (QED) is 0.389. The number of carbonyl (C=O) groups excluding carboxylic acids is 1. The average molecular weight is 496 g/mol. The lowest BCUT2D eigenvalue weighted by atomic mass is 10.1. The zero-order valence-electron chi connectivity index (χ0n) is 15.1.